The van der Waals surface area contributed by atoms with E-state index in [1.54, 1.807) is 18.2 Å². The van der Waals surface area contributed by atoms with Crippen LogP contribution in [0.1, 0.15) is 12.5 Å². The van der Waals surface area contributed by atoms with Gasteiger partial charge in [-0.25, -0.2) is 13.6 Å². The van der Waals surface area contributed by atoms with E-state index in [1.807, 2.05) is 25.1 Å². The molecule has 2 aromatic rings. The van der Waals surface area contributed by atoms with Crippen LogP contribution in [0.3, 0.4) is 0 Å². The summed E-state index contributed by atoms with van der Waals surface area (Å²) in [6, 6.07) is 11.9. The largest absolute Gasteiger partial charge is 0.325 e. The number of sulfonamides is 1. The number of amides is 1. The molecular weight excluding hydrogens is 368 g/mol. The minimum atomic E-state index is -3.84. The Morgan fingerprint density at radius 1 is 1.25 bits per heavy atom. The molecule has 0 bridgehead atoms. The first-order valence-electron chi connectivity index (χ1n) is 7.14. The highest BCUT2D eigenvalue weighted by atomic mass is 35.5. The summed E-state index contributed by atoms with van der Waals surface area (Å²) in [6.45, 7) is 1.84. The van der Waals surface area contributed by atoms with Crippen LogP contribution < -0.4 is 10.5 Å². The maximum absolute atomic E-state index is 12.1. The van der Waals surface area contributed by atoms with Gasteiger partial charge in [0.15, 0.2) is 0 Å². The van der Waals surface area contributed by atoms with Crippen LogP contribution in [0, 0.1) is 0 Å². The zero-order valence-corrected chi connectivity index (χ0v) is 15.3. The first kappa shape index (κ1) is 18.8. The van der Waals surface area contributed by atoms with Gasteiger partial charge in [-0.3, -0.25) is 4.79 Å². The van der Waals surface area contributed by atoms with E-state index < -0.39 is 10.0 Å². The Hall–Kier alpha value is -1.54. The van der Waals surface area contributed by atoms with Gasteiger partial charge in [0.05, 0.1) is 15.7 Å². The van der Waals surface area contributed by atoms with Crippen LogP contribution in [0.15, 0.2) is 52.3 Å². The molecule has 0 saturated carbocycles. The van der Waals surface area contributed by atoms with Crippen molar-refractivity contribution in [1.29, 1.82) is 0 Å². The van der Waals surface area contributed by atoms with Crippen molar-refractivity contribution in [3.05, 3.63) is 53.1 Å². The smallest absolute Gasteiger partial charge is 0.238 e. The lowest BCUT2D eigenvalue weighted by Gasteiger charge is -2.10. The molecule has 128 valence electrons. The van der Waals surface area contributed by atoms with Crippen LogP contribution in [-0.2, 0) is 21.2 Å². The molecule has 0 fully saturated rings. The van der Waals surface area contributed by atoms with Gasteiger partial charge < -0.3 is 5.32 Å². The summed E-state index contributed by atoms with van der Waals surface area (Å²) in [5, 5.41) is 8.48. The second-order valence-electron chi connectivity index (χ2n) is 4.99. The minimum absolute atomic E-state index is 0.0292. The summed E-state index contributed by atoms with van der Waals surface area (Å²) in [6.07, 6.45) is 0.530. The lowest BCUT2D eigenvalue weighted by atomic mass is 10.1. The molecule has 0 aliphatic heterocycles. The fourth-order valence-corrected chi connectivity index (χ4v) is 4.00. The number of benzene rings is 2. The van der Waals surface area contributed by atoms with E-state index >= 15 is 0 Å². The Labute approximate surface area is 150 Å². The highest BCUT2D eigenvalue weighted by Gasteiger charge is 2.15. The number of thioether (sulfide) groups is 1. The third-order valence-corrected chi connectivity index (χ3v) is 5.74. The number of nitrogens with two attached hydrogens (primary N) is 1. The van der Waals surface area contributed by atoms with Crippen LogP contribution in [0.25, 0.3) is 0 Å². The van der Waals surface area contributed by atoms with E-state index in [1.165, 1.54) is 17.8 Å². The van der Waals surface area contributed by atoms with Gasteiger partial charge in [-0.05, 0) is 36.2 Å². The van der Waals surface area contributed by atoms with Gasteiger partial charge in [0.2, 0.25) is 15.9 Å². The Morgan fingerprint density at radius 2 is 1.96 bits per heavy atom. The van der Waals surface area contributed by atoms with Crippen molar-refractivity contribution >= 4 is 45.0 Å². The molecule has 2 rings (SSSR count). The van der Waals surface area contributed by atoms with Crippen LogP contribution in [0.4, 0.5) is 5.69 Å². The van der Waals surface area contributed by atoms with Crippen LogP contribution in [0.5, 0.6) is 0 Å². The summed E-state index contributed by atoms with van der Waals surface area (Å²) in [5.74, 6) is -0.103. The number of rotatable bonds is 6. The number of aryl methyl sites for hydroxylation is 1. The average Bonchev–Trinajstić information content (AvgIpc) is 2.53. The zero-order valence-electron chi connectivity index (χ0n) is 13.0. The Balaban J connectivity index is 2.08. The molecule has 8 heteroatoms. The normalized spacial score (nSPS) is 11.3. The summed E-state index contributed by atoms with van der Waals surface area (Å²) < 4.78 is 23.3. The number of nitrogens with one attached hydrogen (secondary N) is 1. The highest BCUT2D eigenvalue weighted by molar-refractivity contribution is 8.00. The molecule has 2 aromatic carbocycles. The minimum Gasteiger partial charge on any atom is -0.325 e. The second kappa shape index (κ2) is 8.02. The van der Waals surface area contributed by atoms with Crippen molar-refractivity contribution in [3.63, 3.8) is 0 Å². The van der Waals surface area contributed by atoms with Crippen molar-refractivity contribution in [2.75, 3.05) is 11.1 Å². The molecule has 0 unspecified atom stereocenters. The molecule has 0 atom stereocenters. The lowest BCUT2D eigenvalue weighted by Crippen LogP contribution is -2.17. The molecule has 24 heavy (non-hydrogen) atoms. The number of hydrogen-bond donors (Lipinski definition) is 2. The summed E-state index contributed by atoms with van der Waals surface area (Å²) in [5.41, 5.74) is 1.00. The summed E-state index contributed by atoms with van der Waals surface area (Å²) in [4.78, 5) is 12.9. The monoisotopic (exact) mass is 384 g/mol. The van der Waals surface area contributed by atoms with Crippen molar-refractivity contribution in [1.82, 2.24) is 0 Å². The Bertz CT molecular complexity index is 854. The predicted molar refractivity (Wildman–Crippen MR) is 98.0 cm³/mol. The number of hydrogen-bond acceptors (Lipinski definition) is 4. The SMILES string of the molecule is CCc1ccc(NC(=O)CSc2ccccc2Cl)cc1S(N)(=O)=O. The number of halogens is 1. The molecule has 0 saturated heterocycles. The van der Waals surface area contributed by atoms with E-state index in [9.17, 15) is 13.2 Å². The fourth-order valence-electron chi connectivity index (χ4n) is 2.09. The van der Waals surface area contributed by atoms with Crippen molar-refractivity contribution in [3.8, 4) is 0 Å². The third kappa shape index (κ3) is 4.98. The van der Waals surface area contributed by atoms with Gasteiger partial charge in [-0.15, -0.1) is 11.8 Å². The molecule has 0 spiro atoms. The number of carbonyl (C=O) groups is 1. The summed E-state index contributed by atoms with van der Waals surface area (Å²) in [7, 11) is -3.84. The maximum Gasteiger partial charge on any atom is 0.238 e. The van der Waals surface area contributed by atoms with Crippen molar-refractivity contribution in [2.24, 2.45) is 5.14 Å². The van der Waals surface area contributed by atoms with Gasteiger partial charge in [0.1, 0.15) is 0 Å². The number of primary sulfonamides is 1. The zero-order chi connectivity index (χ0) is 17.7. The average molecular weight is 385 g/mol. The summed E-state index contributed by atoms with van der Waals surface area (Å²) >= 11 is 7.34. The molecule has 0 aliphatic carbocycles. The lowest BCUT2D eigenvalue weighted by molar-refractivity contribution is -0.113. The predicted octanol–water partition coefficient (Wildman–Crippen LogP) is 3.28. The third-order valence-electron chi connectivity index (χ3n) is 3.23. The van der Waals surface area contributed by atoms with Gasteiger partial charge in [-0.1, -0.05) is 36.7 Å². The molecule has 3 N–H and O–H groups in total. The first-order valence-corrected chi connectivity index (χ1v) is 10.0. The van der Waals surface area contributed by atoms with E-state index in [0.717, 1.165) is 4.90 Å². The quantitative estimate of drug-likeness (QED) is 0.748. The maximum atomic E-state index is 12.1. The molecule has 1 amide bonds. The van der Waals surface area contributed by atoms with Gasteiger partial charge in [0, 0.05) is 10.6 Å². The van der Waals surface area contributed by atoms with Crippen LogP contribution in [0.2, 0.25) is 5.02 Å². The van der Waals surface area contributed by atoms with Crippen LogP contribution in [-0.4, -0.2) is 20.1 Å². The van der Waals surface area contributed by atoms with Gasteiger partial charge >= 0.3 is 0 Å². The molecular formula is C16H17ClN2O3S2. The molecule has 0 aromatic heterocycles. The molecule has 0 heterocycles. The van der Waals surface area contributed by atoms with Crippen LogP contribution >= 0.6 is 23.4 Å². The van der Waals surface area contributed by atoms with Crippen molar-refractivity contribution < 1.29 is 13.2 Å². The second-order valence-corrected chi connectivity index (χ2v) is 7.94. The standard InChI is InChI=1S/C16H17ClN2O3S2/c1-2-11-7-8-12(9-15(11)24(18,21)22)19-16(20)10-23-14-6-4-3-5-13(14)17/h3-9H,2,10H2,1H3,(H,19,20)(H2,18,21,22). The van der Waals surface area contributed by atoms with Gasteiger partial charge in [-0.2, -0.15) is 0 Å². The van der Waals surface area contributed by atoms with E-state index in [4.69, 9.17) is 16.7 Å². The Kier molecular flexibility index (Phi) is 6.28. The Morgan fingerprint density at radius 3 is 2.58 bits per heavy atom. The van der Waals surface area contributed by atoms with E-state index in [-0.39, 0.29) is 16.6 Å². The van der Waals surface area contributed by atoms with E-state index in [0.29, 0.717) is 22.7 Å². The highest BCUT2D eigenvalue weighted by Crippen LogP contribution is 2.27. The topological polar surface area (TPSA) is 89.3 Å². The van der Waals surface area contributed by atoms with Crippen molar-refractivity contribution in [2.45, 2.75) is 23.1 Å². The number of carbonyl (C=O) groups excluding carboxylic acids is 1. The number of anilines is 1. The van der Waals surface area contributed by atoms with E-state index in [2.05, 4.69) is 5.32 Å². The molecule has 0 aliphatic rings. The first-order chi connectivity index (χ1) is 11.3. The fraction of sp³-hybridized carbons (Fsp3) is 0.188. The van der Waals surface area contributed by atoms with Gasteiger partial charge in [0.25, 0.3) is 0 Å². The molecule has 5 nitrogen and oxygen atoms in total. The molecule has 0 radical (unpaired) electrons.